The second kappa shape index (κ2) is 9.19. The Morgan fingerprint density at radius 3 is 1.15 bits per heavy atom. The molecule has 0 rings (SSSR count). The van der Waals surface area contributed by atoms with E-state index in [0.717, 1.165) is 26.2 Å². The standard InChI is InChI=1S/C9H23N3.Ag/c1-10(2)6-8-12(5)9-7-11(3)4;/h6-9H2,1-5H3;. The van der Waals surface area contributed by atoms with Crippen LogP contribution in [-0.4, -0.2) is 76.1 Å². The molecule has 0 aliphatic heterocycles. The maximum absolute atomic E-state index is 2.36. The summed E-state index contributed by atoms with van der Waals surface area (Å²) in [6.07, 6.45) is 0. The maximum Gasteiger partial charge on any atom is 0.0107 e. The van der Waals surface area contributed by atoms with E-state index in [9.17, 15) is 0 Å². The van der Waals surface area contributed by atoms with Crippen molar-refractivity contribution in [3.63, 3.8) is 0 Å². The molecule has 0 amide bonds. The van der Waals surface area contributed by atoms with Gasteiger partial charge in [-0.25, -0.2) is 0 Å². The van der Waals surface area contributed by atoms with E-state index in [1.807, 2.05) is 0 Å². The Morgan fingerprint density at radius 1 is 0.615 bits per heavy atom. The SMILES string of the molecule is CN(C)CCN(C)CCN(C)C.[Ag]. The second-order valence-electron chi connectivity index (χ2n) is 3.91. The van der Waals surface area contributed by atoms with Crippen molar-refractivity contribution in [1.82, 2.24) is 14.7 Å². The van der Waals surface area contributed by atoms with E-state index in [1.165, 1.54) is 0 Å². The Hall–Kier alpha value is 0.620. The van der Waals surface area contributed by atoms with Crippen molar-refractivity contribution in [2.45, 2.75) is 0 Å². The average Bonchev–Trinajstić information content (AvgIpc) is 1.96. The zero-order valence-corrected chi connectivity index (χ0v) is 11.0. The van der Waals surface area contributed by atoms with Crippen molar-refractivity contribution in [2.24, 2.45) is 0 Å². The summed E-state index contributed by atoms with van der Waals surface area (Å²) in [7, 11) is 10.6. The van der Waals surface area contributed by atoms with Gasteiger partial charge in [-0.3, -0.25) is 0 Å². The summed E-state index contributed by atoms with van der Waals surface area (Å²) in [5.41, 5.74) is 0. The minimum atomic E-state index is 0. The molecular weight excluding hydrogens is 258 g/mol. The first-order valence-corrected chi connectivity index (χ1v) is 4.50. The Bertz CT molecular complexity index is 95.0. The molecule has 0 N–H and O–H groups in total. The molecule has 0 fully saturated rings. The third-order valence-corrected chi connectivity index (χ3v) is 1.86. The summed E-state index contributed by atoms with van der Waals surface area (Å²) in [5, 5.41) is 0. The fraction of sp³-hybridized carbons (Fsp3) is 1.00. The molecule has 4 heteroatoms. The van der Waals surface area contributed by atoms with Crippen LogP contribution >= 0.6 is 0 Å². The van der Waals surface area contributed by atoms with Crippen LogP contribution in [0.1, 0.15) is 0 Å². The van der Waals surface area contributed by atoms with Crippen LogP contribution in [0.25, 0.3) is 0 Å². The summed E-state index contributed by atoms with van der Waals surface area (Å²) in [4.78, 5) is 6.79. The summed E-state index contributed by atoms with van der Waals surface area (Å²) in [6.45, 7) is 4.59. The van der Waals surface area contributed by atoms with Gasteiger partial charge in [0.05, 0.1) is 0 Å². The van der Waals surface area contributed by atoms with Gasteiger partial charge in [-0.2, -0.15) is 0 Å². The van der Waals surface area contributed by atoms with Crippen LogP contribution in [0.3, 0.4) is 0 Å². The quantitative estimate of drug-likeness (QED) is 0.637. The van der Waals surface area contributed by atoms with Crippen LogP contribution in [0.2, 0.25) is 0 Å². The van der Waals surface area contributed by atoms with Gasteiger partial charge in [0.2, 0.25) is 0 Å². The summed E-state index contributed by atoms with van der Waals surface area (Å²) < 4.78 is 0. The zero-order chi connectivity index (χ0) is 9.56. The van der Waals surface area contributed by atoms with E-state index in [1.54, 1.807) is 0 Å². The normalized spacial score (nSPS) is 11.1. The van der Waals surface area contributed by atoms with Gasteiger partial charge in [0.1, 0.15) is 0 Å². The Labute approximate surface area is 98.6 Å². The van der Waals surface area contributed by atoms with Crippen LogP contribution in [0.4, 0.5) is 0 Å². The third kappa shape index (κ3) is 12.6. The second-order valence-corrected chi connectivity index (χ2v) is 3.91. The molecule has 0 aromatic rings. The molecule has 0 unspecified atom stereocenters. The van der Waals surface area contributed by atoms with Crippen LogP contribution < -0.4 is 0 Å². The van der Waals surface area contributed by atoms with Crippen molar-refractivity contribution in [1.29, 1.82) is 0 Å². The van der Waals surface area contributed by atoms with Crippen LogP contribution in [0.5, 0.6) is 0 Å². The molecule has 0 aromatic heterocycles. The van der Waals surface area contributed by atoms with Gasteiger partial charge in [-0.15, -0.1) is 0 Å². The minimum Gasteiger partial charge on any atom is -0.308 e. The monoisotopic (exact) mass is 280 g/mol. The molecule has 0 heterocycles. The number of likely N-dealkylation sites (N-methyl/N-ethyl adjacent to an activating group) is 3. The van der Waals surface area contributed by atoms with Crippen molar-refractivity contribution in [3.05, 3.63) is 0 Å². The Morgan fingerprint density at radius 2 is 0.923 bits per heavy atom. The van der Waals surface area contributed by atoms with Crippen LogP contribution in [-0.2, 0) is 22.4 Å². The smallest absolute Gasteiger partial charge is 0.0107 e. The van der Waals surface area contributed by atoms with E-state index in [2.05, 4.69) is 49.9 Å². The van der Waals surface area contributed by atoms with Crippen molar-refractivity contribution in [2.75, 3.05) is 61.4 Å². The molecule has 0 aromatic carbocycles. The minimum absolute atomic E-state index is 0. The van der Waals surface area contributed by atoms with E-state index in [0.29, 0.717) is 0 Å². The number of hydrogen-bond acceptors (Lipinski definition) is 3. The predicted octanol–water partition coefficient (Wildman–Crippen LogP) is 0.0389. The largest absolute Gasteiger partial charge is 0.308 e. The molecule has 0 aliphatic rings. The first-order valence-electron chi connectivity index (χ1n) is 4.50. The molecular formula is C9H23AgN3. The van der Waals surface area contributed by atoms with Crippen molar-refractivity contribution < 1.29 is 22.4 Å². The Kier molecular flexibility index (Phi) is 11.4. The zero-order valence-electron chi connectivity index (χ0n) is 9.47. The molecule has 0 atom stereocenters. The van der Waals surface area contributed by atoms with Gasteiger partial charge < -0.3 is 14.7 Å². The molecule has 13 heavy (non-hydrogen) atoms. The molecule has 0 spiro atoms. The molecule has 3 nitrogen and oxygen atoms in total. The number of hydrogen-bond donors (Lipinski definition) is 0. The van der Waals surface area contributed by atoms with Gasteiger partial charge in [0.15, 0.2) is 0 Å². The van der Waals surface area contributed by atoms with Gasteiger partial charge in [0.25, 0.3) is 0 Å². The van der Waals surface area contributed by atoms with E-state index < -0.39 is 0 Å². The summed E-state index contributed by atoms with van der Waals surface area (Å²) >= 11 is 0. The summed E-state index contributed by atoms with van der Waals surface area (Å²) in [5.74, 6) is 0. The Balaban J connectivity index is 0. The maximum atomic E-state index is 2.36. The fourth-order valence-corrected chi connectivity index (χ4v) is 0.853. The number of nitrogens with zero attached hydrogens (tertiary/aromatic N) is 3. The van der Waals surface area contributed by atoms with Gasteiger partial charge in [-0.05, 0) is 35.2 Å². The molecule has 1 radical (unpaired) electrons. The first-order chi connectivity index (χ1) is 5.52. The van der Waals surface area contributed by atoms with Crippen LogP contribution in [0.15, 0.2) is 0 Å². The van der Waals surface area contributed by atoms with Gasteiger partial charge in [0, 0.05) is 48.6 Å². The molecule has 0 aliphatic carbocycles. The van der Waals surface area contributed by atoms with Gasteiger partial charge >= 0.3 is 0 Å². The van der Waals surface area contributed by atoms with E-state index in [4.69, 9.17) is 0 Å². The van der Waals surface area contributed by atoms with E-state index in [-0.39, 0.29) is 22.4 Å². The van der Waals surface area contributed by atoms with Crippen molar-refractivity contribution in [3.8, 4) is 0 Å². The molecule has 0 saturated carbocycles. The third-order valence-electron chi connectivity index (χ3n) is 1.86. The van der Waals surface area contributed by atoms with Crippen molar-refractivity contribution >= 4 is 0 Å². The molecule has 0 bridgehead atoms. The average molecular weight is 281 g/mol. The summed E-state index contributed by atoms with van der Waals surface area (Å²) in [6, 6.07) is 0. The molecule has 0 saturated heterocycles. The topological polar surface area (TPSA) is 9.72 Å². The van der Waals surface area contributed by atoms with Crippen LogP contribution in [0, 0.1) is 0 Å². The van der Waals surface area contributed by atoms with E-state index >= 15 is 0 Å². The predicted molar refractivity (Wildman–Crippen MR) is 54.6 cm³/mol. The van der Waals surface area contributed by atoms with Gasteiger partial charge in [-0.1, -0.05) is 0 Å². The number of rotatable bonds is 6. The first kappa shape index (κ1) is 16.1. The molecule has 85 valence electrons. The fourth-order valence-electron chi connectivity index (χ4n) is 0.853.